The Morgan fingerprint density at radius 3 is 2.47 bits per heavy atom. The minimum absolute atomic E-state index is 0.733. The van der Waals surface area contributed by atoms with E-state index in [1.54, 1.807) is 31.4 Å². The van der Waals surface area contributed by atoms with Crippen LogP contribution in [0.25, 0.3) is 0 Å². The molecule has 1 rings (SSSR count). The van der Waals surface area contributed by atoms with Crippen LogP contribution < -0.4 is 0 Å². The summed E-state index contributed by atoms with van der Waals surface area (Å²) in [4.78, 5) is 31.0. The van der Waals surface area contributed by atoms with Crippen molar-refractivity contribution in [2.75, 3.05) is 7.11 Å². The van der Waals surface area contributed by atoms with Crippen molar-refractivity contribution in [3.8, 4) is 0 Å². The first-order valence-corrected chi connectivity index (χ1v) is 7.44. The molecule has 2 N–H and O–H groups in total. The molecule has 0 aliphatic heterocycles. The Bertz CT molecular complexity index is 434. The Hall–Kier alpha value is -0.680. The van der Waals surface area contributed by atoms with Gasteiger partial charge in [-0.3, -0.25) is 9.36 Å². The fourth-order valence-corrected chi connectivity index (χ4v) is 4.07. The average Bonchev–Trinajstić information content (AvgIpc) is 2.67. The second-order valence-corrected chi connectivity index (χ2v) is 6.86. The van der Waals surface area contributed by atoms with E-state index in [0.29, 0.717) is 0 Å². The zero-order valence-corrected chi connectivity index (χ0v) is 11.5. The van der Waals surface area contributed by atoms with Gasteiger partial charge < -0.3 is 14.5 Å². The van der Waals surface area contributed by atoms with Crippen molar-refractivity contribution in [2.24, 2.45) is 0 Å². The summed E-state index contributed by atoms with van der Waals surface area (Å²) in [6.45, 7) is 3.25. The summed E-state index contributed by atoms with van der Waals surface area (Å²) < 4.78 is 16.0. The van der Waals surface area contributed by atoms with E-state index in [4.69, 9.17) is 0 Å². The number of rotatable bonds is 4. The minimum Gasteiger partial charge on any atom is -0.468 e. The third-order valence-corrected chi connectivity index (χ3v) is 5.34. The predicted octanol–water partition coefficient (Wildman–Crippen LogP) is 1.75. The van der Waals surface area contributed by atoms with Crippen LogP contribution in [0.3, 0.4) is 0 Å². The molecular formula is C10H15O5PS. The van der Waals surface area contributed by atoms with Crippen LogP contribution in [0.5, 0.6) is 0 Å². The van der Waals surface area contributed by atoms with Gasteiger partial charge in [-0.25, -0.2) is 0 Å². The van der Waals surface area contributed by atoms with Crippen LogP contribution in [-0.4, -0.2) is 28.5 Å². The summed E-state index contributed by atoms with van der Waals surface area (Å²) in [6, 6.07) is 3.52. The number of methoxy groups -OCH3 is 1. The Morgan fingerprint density at radius 1 is 1.53 bits per heavy atom. The van der Waals surface area contributed by atoms with Crippen LogP contribution in [0.15, 0.2) is 17.5 Å². The lowest BCUT2D eigenvalue weighted by Crippen LogP contribution is -2.40. The summed E-state index contributed by atoms with van der Waals surface area (Å²) in [7, 11) is -3.46. The largest absolute Gasteiger partial charge is 0.468 e. The smallest absolute Gasteiger partial charge is 0.340 e. The summed E-state index contributed by atoms with van der Waals surface area (Å²) >= 11 is 1.35. The van der Waals surface area contributed by atoms with E-state index in [0.717, 1.165) is 12.0 Å². The summed E-state index contributed by atoms with van der Waals surface area (Å²) in [5.41, 5.74) is -2.46. The first-order valence-electron chi connectivity index (χ1n) is 4.88. The topological polar surface area (TPSA) is 83.8 Å². The maximum atomic E-state index is 11.6. The number of carbonyl (C=O) groups is 1. The highest BCUT2D eigenvalue weighted by Crippen LogP contribution is 2.51. The third kappa shape index (κ3) is 2.96. The molecule has 5 nitrogen and oxygen atoms in total. The van der Waals surface area contributed by atoms with Gasteiger partial charge in [0.1, 0.15) is 0 Å². The molecule has 1 atom stereocenters. The standard InChI is InChI=1S/C10H15O5PS/c1-10(2,7-5-4-6-17-7)8(9(11)15-3)16(12,13)14/h4-6,8H,1-3H3,(H2,12,13,14). The first-order chi connectivity index (χ1) is 7.71. The lowest BCUT2D eigenvalue weighted by Gasteiger charge is -2.31. The summed E-state index contributed by atoms with van der Waals surface area (Å²) in [5.74, 6) is -0.892. The SMILES string of the molecule is COC(=O)C(C(C)(C)c1cccs1)P(=O)(O)O. The molecule has 0 aromatic carbocycles. The molecule has 0 spiro atoms. The fourth-order valence-electron chi connectivity index (χ4n) is 1.74. The molecule has 1 unspecified atom stereocenters. The van der Waals surface area contributed by atoms with Gasteiger partial charge in [0.15, 0.2) is 5.66 Å². The van der Waals surface area contributed by atoms with Crippen molar-refractivity contribution in [1.29, 1.82) is 0 Å². The Morgan fingerprint density at radius 2 is 2.12 bits per heavy atom. The van der Waals surface area contributed by atoms with Gasteiger partial charge >= 0.3 is 13.6 Å². The minimum atomic E-state index is -4.58. The van der Waals surface area contributed by atoms with Crippen LogP contribution in [-0.2, 0) is 19.5 Å². The lowest BCUT2D eigenvalue weighted by atomic mass is 9.87. The lowest BCUT2D eigenvalue weighted by molar-refractivity contribution is -0.141. The molecule has 0 saturated carbocycles. The van der Waals surface area contributed by atoms with E-state index in [2.05, 4.69) is 4.74 Å². The second-order valence-electron chi connectivity index (χ2n) is 4.21. The Kier molecular flexibility index (Phi) is 4.15. The van der Waals surface area contributed by atoms with Gasteiger partial charge in [-0.15, -0.1) is 11.3 Å². The molecule has 0 saturated heterocycles. The Balaban J connectivity index is 3.24. The highest BCUT2D eigenvalue weighted by atomic mass is 32.1. The van der Waals surface area contributed by atoms with Gasteiger partial charge in [0.2, 0.25) is 0 Å². The molecular weight excluding hydrogens is 263 g/mol. The maximum absolute atomic E-state index is 11.6. The average molecular weight is 278 g/mol. The van der Waals surface area contributed by atoms with Crippen LogP contribution in [0.4, 0.5) is 0 Å². The van der Waals surface area contributed by atoms with Crippen molar-refractivity contribution in [2.45, 2.75) is 24.9 Å². The normalized spacial score (nSPS) is 14.4. The predicted molar refractivity (Wildman–Crippen MR) is 65.2 cm³/mol. The van der Waals surface area contributed by atoms with Crippen molar-refractivity contribution in [3.63, 3.8) is 0 Å². The monoisotopic (exact) mass is 278 g/mol. The van der Waals surface area contributed by atoms with E-state index >= 15 is 0 Å². The molecule has 96 valence electrons. The molecule has 0 amide bonds. The van der Waals surface area contributed by atoms with Gasteiger partial charge in [-0.1, -0.05) is 19.9 Å². The molecule has 0 bridgehead atoms. The van der Waals surface area contributed by atoms with E-state index in [1.165, 1.54) is 11.3 Å². The molecule has 1 heterocycles. The van der Waals surface area contributed by atoms with Gasteiger partial charge in [0, 0.05) is 10.3 Å². The number of esters is 1. The van der Waals surface area contributed by atoms with Gasteiger partial charge in [0.25, 0.3) is 0 Å². The van der Waals surface area contributed by atoms with Crippen molar-refractivity contribution in [1.82, 2.24) is 0 Å². The van der Waals surface area contributed by atoms with Gasteiger partial charge in [-0.05, 0) is 11.4 Å². The number of thiophene rings is 1. The highest BCUT2D eigenvalue weighted by Gasteiger charge is 2.49. The number of carbonyl (C=O) groups excluding carboxylic acids is 1. The quantitative estimate of drug-likeness (QED) is 0.647. The summed E-state index contributed by atoms with van der Waals surface area (Å²) in [6.07, 6.45) is 0. The van der Waals surface area contributed by atoms with Crippen LogP contribution in [0.1, 0.15) is 18.7 Å². The molecule has 0 aliphatic carbocycles. The van der Waals surface area contributed by atoms with E-state index in [-0.39, 0.29) is 0 Å². The molecule has 7 heteroatoms. The molecule has 1 aromatic rings. The van der Waals surface area contributed by atoms with Crippen LogP contribution in [0.2, 0.25) is 0 Å². The first kappa shape index (κ1) is 14.4. The number of hydrogen-bond donors (Lipinski definition) is 2. The summed E-state index contributed by atoms with van der Waals surface area (Å²) in [5, 5.41) is 1.80. The molecule has 1 aromatic heterocycles. The van der Waals surface area contributed by atoms with Crippen molar-refractivity contribution < 1.29 is 23.9 Å². The molecule has 0 fully saturated rings. The Labute approximate surface area is 104 Å². The zero-order valence-electron chi connectivity index (χ0n) is 9.78. The molecule has 17 heavy (non-hydrogen) atoms. The molecule has 0 radical (unpaired) electrons. The van der Waals surface area contributed by atoms with E-state index in [1.807, 2.05) is 0 Å². The maximum Gasteiger partial charge on any atom is 0.340 e. The fraction of sp³-hybridized carbons (Fsp3) is 0.500. The number of ether oxygens (including phenoxy) is 1. The second kappa shape index (κ2) is 4.90. The van der Waals surface area contributed by atoms with Crippen LogP contribution >= 0.6 is 18.9 Å². The van der Waals surface area contributed by atoms with E-state index in [9.17, 15) is 19.1 Å². The van der Waals surface area contributed by atoms with Crippen molar-refractivity contribution in [3.05, 3.63) is 22.4 Å². The van der Waals surface area contributed by atoms with Crippen LogP contribution in [0, 0.1) is 0 Å². The number of hydrogen-bond acceptors (Lipinski definition) is 4. The van der Waals surface area contributed by atoms with Crippen molar-refractivity contribution >= 4 is 24.9 Å². The highest BCUT2D eigenvalue weighted by molar-refractivity contribution is 7.53. The third-order valence-electron chi connectivity index (χ3n) is 2.60. The van der Waals surface area contributed by atoms with E-state index < -0.39 is 24.6 Å². The van der Waals surface area contributed by atoms with Gasteiger partial charge in [0.05, 0.1) is 7.11 Å². The zero-order chi connectivity index (χ0) is 13.3. The van der Waals surface area contributed by atoms with Gasteiger partial charge in [-0.2, -0.15) is 0 Å². The molecule has 0 aliphatic rings.